The fraction of sp³-hybridized carbons (Fsp3) is 0.227. The summed E-state index contributed by atoms with van der Waals surface area (Å²) in [6.07, 6.45) is -0.335. The minimum Gasteiger partial charge on any atom is -0.480 e. The van der Waals surface area contributed by atoms with Gasteiger partial charge in [-0.1, -0.05) is 18.5 Å². The van der Waals surface area contributed by atoms with Crippen LogP contribution in [0, 0.1) is 5.82 Å². The van der Waals surface area contributed by atoms with Gasteiger partial charge >= 0.3 is 11.9 Å². The molecule has 0 saturated carbocycles. The average Bonchev–Trinajstić information content (AvgIpc) is 3.02. The zero-order valence-electron chi connectivity index (χ0n) is 16.3. The number of aliphatic carboxylic acids is 2. The lowest BCUT2D eigenvalue weighted by Gasteiger charge is -2.25. The molecule has 2 N–H and O–H groups in total. The number of fused-ring (bicyclic) bond motifs is 1. The number of aromatic nitrogens is 1. The molecule has 3 aromatic rings. The van der Waals surface area contributed by atoms with Crippen LogP contribution in [0.2, 0.25) is 5.02 Å². The number of hydrogen-bond donors (Lipinski definition) is 2. The monoisotopic (exact) mass is 431 g/mol. The van der Waals surface area contributed by atoms with E-state index in [2.05, 4.69) is 0 Å². The van der Waals surface area contributed by atoms with Gasteiger partial charge in [0.1, 0.15) is 5.82 Å². The molecule has 0 aliphatic rings. The van der Waals surface area contributed by atoms with Gasteiger partial charge in [-0.2, -0.15) is 0 Å². The molecule has 0 fully saturated rings. The summed E-state index contributed by atoms with van der Waals surface area (Å²) in [6, 6.07) is 9.64. The summed E-state index contributed by atoms with van der Waals surface area (Å²) in [7, 11) is 0. The standard InChI is InChI=1S/C22H19ClFNO5/c1-3-22(20(27)28,21(29)30)17-15-11-14(24)9-10-16(15)25(4-2)18(17)19(26)12-5-7-13(23)8-6-12/h5-11H,3-4H2,1-2H3,(H,27,28)(H,29,30). The van der Waals surface area contributed by atoms with Crippen LogP contribution >= 0.6 is 11.6 Å². The van der Waals surface area contributed by atoms with Crippen molar-refractivity contribution < 1.29 is 29.0 Å². The minimum atomic E-state index is -2.43. The van der Waals surface area contributed by atoms with E-state index in [9.17, 15) is 29.0 Å². The van der Waals surface area contributed by atoms with Crippen molar-refractivity contribution in [3.05, 3.63) is 70.1 Å². The van der Waals surface area contributed by atoms with E-state index in [1.807, 2.05) is 0 Å². The molecule has 156 valence electrons. The second kappa shape index (κ2) is 7.91. The normalized spacial score (nSPS) is 11.6. The van der Waals surface area contributed by atoms with Gasteiger partial charge in [-0.25, -0.2) is 4.39 Å². The molecular formula is C22H19ClFNO5. The zero-order chi connectivity index (χ0) is 22.2. The average molecular weight is 432 g/mol. The van der Waals surface area contributed by atoms with Gasteiger partial charge in [0.25, 0.3) is 0 Å². The highest BCUT2D eigenvalue weighted by Crippen LogP contribution is 2.40. The van der Waals surface area contributed by atoms with Crippen molar-refractivity contribution in [1.82, 2.24) is 4.57 Å². The van der Waals surface area contributed by atoms with E-state index in [-0.39, 0.29) is 35.2 Å². The number of rotatable bonds is 7. The first-order chi connectivity index (χ1) is 14.2. The predicted molar refractivity (Wildman–Crippen MR) is 110 cm³/mol. The molecule has 0 aliphatic heterocycles. The Morgan fingerprint density at radius 2 is 1.63 bits per heavy atom. The van der Waals surface area contributed by atoms with Crippen LogP contribution in [0.3, 0.4) is 0 Å². The summed E-state index contributed by atoms with van der Waals surface area (Å²) >= 11 is 5.90. The van der Waals surface area contributed by atoms with E-state index in [1.165, 1.54) is 47.9 Å². The van der Waals surface area contributed by atoms with E-state index >= 15 is 0 Å². The van der Waals surface area contributed by atoms with Gasteiger partial charge in [-0.15, -0.1) is 0 Å². The maximum absolute atomic E-state index is 14.1. The molecule has 0 amide bonds. The van der Waals surface area contributed by atoms with E-state index in [0.29, 0.717) is 10.5 Å². The third-order valence-corrected chi connectivity index (χ3v) is 5.60. The van der Waals surface area contributed by atoms with Gasteiger partial charge in [-0.3, -0.25) is 14.4 Å². The van der Waals surface area contributed by atoms with Crippen LogP contribution in [-0.4, -0.2) is 32.5 Å². The fourth-order valence-corrected chi connectivity index (χ4v) is 3.97. The number of hydrogen-bond acceptors (Lipinski definition) is 3. The minimum absolute atomic E-state index is 0.0841. The molecule has 0 unspecified atom stereocenters. The lowest BCUT2D eigenvalue weighted by atomic mass is 9.75. The first kappa shape index (κ1) is 21.5. The molecule has 0 aliphatic carbocycles. The van der Waals surface area contributed by atoms with Crippen LogP contribution < -0.4 is 0 Å². The highest BCUT2D eigenvalue weighted by Gasteiger charge is 2.51. The largest absolute Gasteiger partial charge is 0.480 e. The zero-order valence-corrected chi connectivity index (χ0v) is 17.0. The number of aryl methyl sites for hydroxylation is 1. The smallest absolute Gasteiger partial charge is 0.325 e. The Bertz CT molecular complexity index is 1150. The van der Waals surface area contributed by atoms with Crippen molar-refractivity contribution in [3.63, 3.8) is 0 Å². The molecule has 8 heteroatoms. The van der Waals surface area contributed by atoms with Crippen LogP contribution in [-0.2, 0) is 21.5 Å². The summed E-state index contributed by atoms with van der Waals surface area (Å²) in [4.78, 5) is 38.0. The molecule has 30 heavy (non-hydrogen) atoms. The number of ketones is 1. The number of halogens is 2. The lowest BCUT2D eigenvalue weighted by Crippen LogP contribution is -2.44. The van der Waals surface area contributed by atoms with Gasteiger partial charge in [0.05, 0.1) is 5.69 Å². The highest BCUT2D eigenvalue weighted by atomic mass is 35.5. The second-order valence-corrected chi connectivity index (χ2v) is 7.27. The van der Waals surface area contributed by atoms with Gasteiger partial charge < -0.3 is 14.8 Å². The maximum atomic E-state index is 14.1. The maximum Gasteiger partial charge on any atom is 0.325 e. The molecular weight excluding hydrogens is 413 g/mol. The summed E-state index contributed by atoms with van der Waals surface area (Å²) in [5.41, 5.74) is -2.15. The van der Waals surface area contributed by atoms with Crippen LogP contribution in [0.5, 0.6) is 0 Å². The highest BCUT2D eigenvalue weighted by molar-refractivity contribution is 6.30. The third-order valence-electron chi connectivity index (χ3n) is 5.35. The van der Waals surface area contributed by atoms with E-state index in [1.54, 1.807) is 6.92 Å². The number of nitrogens with zero attached hydrogens (tertiary/aromatic N) is 1. The van der Waals surface area contributed by atoms with Crippen LogP contribution in [0.1, 0.15) is 41.9 Å². The topological polar surface area (TPSA) is 96.6 Å². The SMILES string of the molecule is CCn1c(C(=O)c2ccc(Cl)cc2)c(C(CC)(C(=O)O)C(=O)O)c2cc(F)ccc21. The number of carboxylic acids is 2. The summed E-state index contributed by atoms with van der Waals surface area (Å²) in [6.45, 7) is 3.39. The molecule has 3 rings (SSSR count). The van der Waals surface area contributed by atoms with Crippen LogP contribution in [0.15, 0.2) is 42.5 Å². The van der Waals surface area contributed by atoms with E-state index in [4.69, 9.17) is 11.6 Å². The van der Waals surface area contributed by atoms with Gasteiger partial charge in [0.2, 0.25) is 5.78 Å². The predicted octanol–water partition coefficient (Wildman–Crippen LogP) is 4.50. The summed E-state index contributed by atoms with van der Waals surface area (Å²) in [5, 5.41) is 20.4. The molecule has 0 radical (unpaired) electrons. The number of carbonyl (C=O) groups is 3. The molecule has 0 bridgehead atoms. The molecule has 1 heterocycles. The van der Waals surface area contributed by atoms with Gasteiger partial charge in [0.15, 0.2) is 5.41 Å². The molecule has 0 atom stereocenters. The summed E-state index contributed by atoms with van der Waals surface area (Å²) < 4.78 is 15.6. The first-order valence-corrected chi connectivity index (χ1v) is 9.66. The Labute approximate surface area is 176 Å². The molecule has 0 saturated heterocycles. The first-order valence-electron chi connectivity index (χ1n) is 9.28. The van der Waals surface area contributed by atoms with E-state index in [0.717, 1.165) is 6.07 Å². The lowest BCUT2D eigenvalue weighted by molar-refractivity contribution is -0.157. The number of carboxylic acid groups (broad SMARTS) is 2. The van der Waals surface area contributed by atoms with Crippen molar-refractivity contribution >= 4 is 40.2 Å². The quantitative estimate of drug-likeness (QED) is 0.424. The Balaban J connectivity index is 2.51. The van der Waals surface area contributed by atoms with Crippen LogP contribution in [0.25, 0.3) is 10.9 Å². The van der Waals surface area contributed by atoms with Crippen molar-refractivity contribution in [3.8, 4) is 0 Å². The molecule has 0 spiro atoms. The molecule has 2 aromatic carbocycles. The van der Waals surface area contributed by atoms with Crippen molar-refractivity contribution in [1.29, 1.82) is 0 Å². The second-order valence-electron chi connectivity index (χ2n) is 6.83. The Morgan fingerprint density at radius 3 is 2.13 bits per heavy atom. The van der Waals surface area contributed by atoms with Crippen molar-refractivity contribution in [2.45, 2.75) is 32.2 Å². The number of carbonyl (C=O) groups excluding carboxylic acids is 1. The Hall–Kier alpha value is -3.19. The third kappa shape index (κ3) is 3.15. The van der Waals surface area contributed by atoms with Crippen LogP contribution in [0.4, 0.5) is 4.39 Å². The van der Waals surface area contributed by atoms with Gasteiger partial charge in [-0.05, 0) is 55.8 Å². The van der Waals surface area contributed by atoms with Crippen molar-refractivity contribution in [2.24, 2.45) is 0 Å². The Morgan fingerprint density at radius 1 is 1.03 bits per heavy atom. The fourth-order valence-electron chi connectivity index (χ4n) is 3.85. The molecule has 6 nitrogen and oxygen atoms in total. The van der Waals surface area contributed by atoms with Gasteiger partial charge in [0, 0.05) is 33.6 Å². The van der Waals surface area contributed by atoms with Crippen molar-refractivity contribution in [2.75, 3.05) is 0 Å². The summed E-state index contributed by atoms with van der Waals surface area (Å²) in [5.74, 6) is -4.48. The molecule has 1 aromatic heterocycles. The number of benzene rings is 2. The van der Waals surface area contributed by atoms with E-state index < -0.39 is 29.0 Å². The Kier molecular flexibility index (Phi) is 5.67.